The summed E-state index contributed by atoms with van der Waals surface area (Å²) < 4.78 is 49.2. The van der Waals surface area contributed by atoms with E-state index >= 15 is 0 Å². The maximum absolute atomic E-state index is 12.9. The Morgan fingerprint density at radius 3 is 2.22 bits per heavy atom. The molecule has 0 radical (unpaired) electrons. The molecule has 0 aromatic heterocycles. The molecule has 0 saturated heterocycles. The smallest absolute Gasteiger partial charge is 0.324 e. The zero-order chi connectivity index (χ0) is 20.0. The van der Waals surface area contributed by atoms with Crippen LogP contribution in [0.3, 0.4) is 0 Å². The quantitative estimate of drug-likeness (QED) is 0.542. The fourth-order valence-corrected chi connectivity index (χ4v) is 3.28. The first-order chi connectivity index (χ1) is 12.7. The third-order valence-electron chi connectivity index (χ3n) is 3.57. The first kappa shape index (κ1) is 20.5. The number of rotatable bonds is 8. The summed E-state index contributed by atoms with van der Waals surface area (Å²) in [5.41, 5.74) is 0.322. The van der Waals surface area contributed by atoms with Gasteiger partial charge in [-0.3, -0.25) is 9.59 Å². The first-order valence-electron chi connectivity index (χ1n) is 7.84. The molecular formula is C18H18FNO6S. The highest BCUT2D eigenvalue weighted by Gasteiger charge is 2.24. The molecule has 0 aliphatic carbocycles. The van der Waals surface area contributed by atoms with Crippen molar-refractivity contribution in [2.45, 2.75) is 17.9 Å². The van der Waals surface area contributed by atoms with Crippen molar-refractivity contribution in [1.29, 1.82) is 0 Å². The molecule has 144 valence electrons. The largest absolute Gasteiger partial charge is 0.497 e. The summed E-state index contributed by atoms with van der Waals surface area (Å²) in [6.45, 7) is 0.745. The van der Waals surface area contributed by atoms with Gasteiger partial charge in [-0.2, -0.15) is 4.72 Å². The fourth-order valence-electron chi connectivity index (χ4n) is 2.08. The molecule has 2 rings (SSSR count). The molecule has 0 aliphatic heterocycles. The first-order valence-corrected chi connectivity index (χ1v) is 9.33. The van der Waals surface area contributed by atoms with Gasteiger partial charge in [-0.05, 0) is 55.5 Å². The Morgan fingerprint density at radius 2 is 1.67 bits per heavy atom. The van der Waals surface area contributed by atoms with E-state index in [-0.39, 0.29) is 4.90 Å². The van der Waals surface area contributed by atoms with Gasteiger partial charge < -0.3 is 9.47 Å². The monoisotopic (exact) mass is 395 g/mol. The lowest BCUT2D eigenvalue weighted by Crippen LogP contribution is -2.40. The number of esters is 1. The number of hydrogen-bond acceptors (Lipinski definition) is 6. The summed E-state index contributed by atoms with van der Waals surface area (Å²) in [5, 5.41) is 0. The number of carbonyl (C=O) groups is 2. The molecule has 9 heteroatoms. The van der Waals surface area contributed by atoms with Gasteiger partial charge in [0, 0.05) is 5.56 Å². The molecule has 7 nitrogen and oxygen atoms in total. The van der Waals surface area contributed by atoms with Gasteiger partial charge in [-0.15, -0.1) is 0 Å². The molecule has 0 bridgehead atoms. The SMILES string of the molecule is COc1ccc(C(=O)COC(=O)[C@H](C)NS(=O)(=O)c2ccc(F)cc2)cc1. The van der Waals surface area contributed by atoms with Crippen molar-refractivity contribution in [3.05, 3.63) is 59.9 Å². The van der Waals surface area contributed by atoms with E-state index in [1.165, 1.54) is 26.2 Å². The molecule has 2 aromatic carbocycles. The zero-order valence-electron chi connectivity index (χ0n) is 14.6. The summed E-state index contributed by atoms with van der Waals surface area (Å²) in [7, 11) is -2.54. The van der Waals surface area contributed by atoms with Crippen LogP contribution < -0.4 is 9.46 Å². The second kappa shape index (κ2) is 8.74. The van der Waals surface area contributed by atoms with E-state index in [1.54, 1.807) is 12.1 Å². The van der Waals surface area contributed by atoms with Gasteiger partial charge in [-0.25, -0.2) is 12.8 Å². The van der Waals surface area contributed by atoms with E-state index in [1.807, 2.05) is 0 Å². The number of Topliss-reactive ketones (excluding diaryl/α,β-unsaturated/α-hetero) is 1. The number of carbonyl (C=O) groups excluding carboxylic acids is 2. The minimum atomic E-state index is -4.04. The van der Waals surface area contributed by atoms with Crippen LogP contribution in [0, 0.1) is 5.82 Å². The zero-order valence-corrected chi connectivity index (χ0v) is 15.5. The maximum Gasteiger partial charge on any atom is 0.324 e. The number of halogens is 1. The molecule has 0 saturated carbocycles. The number of nitrogens with one attached hydrogen (secondary N) is 1. The Kier molecular flexibility index (Phi) is 6.65. The summed E-state index contributed by atoms with van der Waals surface area (Å²) in [5.74, 6) is -1.37. The topological polar surface area (TPSA) is 98.8 Å². The normalized spacial score (nSPS) is 12.3. The van der Waals surface area contributed by atoms with E-state index in [0.717, 1.165) is 24.3 Å². The van der Waals surface area contributed by atoms with Gasteiger partial charge in [0.15, 0.2) is 12.4 Å². The molecule has 0 spiro atoms. The van der Waals surface area contributed by atoms with Gasteiger partial charge in [0.25, 0.3) is 0 Å². The molecular weight excluding hydrogens is 377 g/mol. The van der Waals surface area contributed by atoms with Crippen molar-refractivity contribution >= 4 is 21.8 Å². The number of methoxy groups -OCH3 is 1. The summed E-state index contributed by atoms with van der Waals surface area (Å²) >= 11 is 0. The average molecular weight is 395 g/mol. The second-order valence-corrected chi connectivity index (χ2v) is 7.27. The Bertz CT molecular complexity index is 910. The van der Waals surface area contributed by atoms with E-state index in [0.29, 0.717) is 11.3 Å². The predicted molar refractivity (Wildman–Crippen MR) is 94.5 cm³/mol. The Morgan fingerprint density at radius 1 is 1.07 bits per heavy atom. The minimum absolute atomic E-state index is 0.196. The third kappa shape index (κ3) is 5.60. The molecule has 0 unspecified atom stereocenters. The third-order valence-corrected chi connectivity index (χ3v) is 5.12. The average Bonchev–Trinajstić information content (AvgIpc) is 2.65. The van der Waals surface area contributed by atoms with Crippen LogP contribution in [0.4, 0.5) is 4.39 Å². The Labute approximate surface area is 156 Å². The van der Waals surface area contributed by atoms with Crippen LogP contribution in [0.1, 0.15) is 17.3 Å². The minimum Gasteiger partial charge on any atom is -0.497 e. The van der Waals surface area contributed by atoms with Crippen molar-refractivity contribution in [1.82, 2.24) is 4.72 Å². The number of ketones is 1. The number of ether oxygens (including phenoxy) is 2. The van der Waals surface area contributed by atoms with Crippen LogP contribution in [0.25, 0.3) is 0 Å². The van der Waals surface area contributed by atoms with Crippen molar-refractivity contribution in [3.63, 3.8) is 0 Å². The van der Waals surface area contributed by atoms with E-state index in [2.05, 4.69) is 4.72 Å². The van der Waals surface area contributed by atoms with Gasteiger partial charge >= 0.3 is 5.97 Å². The standard InChI is InChI=1S/C18H18FNO6S/c1-12(20-27(23,24)16-9-5-14(19)6-10-16)18(22)26-11-17(21)13-3-7-15(25-2)8-4-13/h3-10,12,20H,11H2,1-2H3/t12-/m0/s1. The van der Waals surface area contributed by atoms with Gasteiger partial charge in [0.1, 0.15) is 17.6 Å². The van der Waals surface area contributed by atoms with Gasteiger partial charge in [0.2, 0.25) is 10.0 Å². The number of sulfonamides is 1. The number of hydrogen-bond donors (Lipinski definition) is 1. The van der Waals surface area contributed by atoms with Gasteiger partial charge in [-0.1, -0.05) is 0 Å². The van der Waals surface area contributed by atoms with Crippen molar-refractivity contribution in [3.8, 4) is 5.75 Å². The molecule has 0 fully saturated rings. The molecule has 0 amide bonds. The molecule has 2 aromatic rings. The summed E-state index contributed by atoms with van der Waals surface area (Å²) in [6, 6.07) is 9.12. The van der Waals surface area contributed by atoms with Crippen LogP contribution in [0.2, 0.25) is 0 Å². The predicted octanol–water partition coefficient (Wildman–Crippen LogP) is 1.93. The highest BCUT2D eigenvalue weighted by atomic mass is 32.2. The lowest BCUT2D eigenvalue weighted by molar-refractivity contribution is -0.144. The molecule has 1 N–H and O–H groups in total. The van der Waals surface area contributed by atoms with Crippen molar-refractivity contribution < 1.29 is 31.9 Å². The van der Waals surface area contributed by atoms with E-state index < -0.39 is 40.2 Å². The summed E-state index contributed by atoms with van der Waals surface area (Å²) in [6.07, 6.45) is 0. The van der Waals surface area contributed by atoms with Crippen LogP contribution >= 0.6 is 0 Å². The number of benzene rings is 2. The van der Waals surface area contributed by atoms with E-state index in [4.69, 9.17) is 9.47 Å². The van der Waals surface area contributed by atoms with Gasteiger partial charge in [0.05, 0.1) is 12.0 Å². The van der Waals surface area contributed by atoms with Crippen LogP contribution in [0.15, 0.2) is 53.4 Å². The maximum atomic E-state index is 12.9. The lowest BCUT2D eigenvalue weighted by Gasteiger charge is -2.13. The van der Waals surface area contributed by atoms with Crippen molar-refractivity contribution in [2.24, 2.45) is 0 Å². The highest BCUT2D eigenvalue weighted by Crippen LogP contribution is 2.13. The second-order valence-electron chi connectivity index (χ2n) is 5.56. The Hall–Kier alpha value is -2.78. The molecule has 1 atom stereocenters. The van der Waals surface area contributed by atoms with Crippen LogP contribution in [0.5, 0.6) is 5.75 Å². The lowest BCUT2D eigenvalue weighted by atomic mass is 10.1. The summed E-state index contributed by atoms with van der Waals surface area (Å²) in [4.78, 5) is 23.8. The van der Waals surface area contributed by atoms with Crippen molar-refractivity contribution in [2.75, 3.05) is 13.7 Å². The highest BCUT2D eigenvalue weighted by molar-refractivity contribution is 7.89. The van der Waals surface area contributed by atoms with E-state index in [9.17, 15) is 22.4 Å². The molecule has 27 heavy (non-hydrogen) atoms. The molecule has 0 heterocycles. The Balaban J connectivity index is 1.92. The fraction of sp³-hybridized carbons (Fsp3) is 0.222. The molecule has 0 aliphatic rings. The van der Waals surface area contributed by atoms with Crippen LogP contribution in [-0.4, -0.2) is 39.9 Å². The van der Waals surface area contributed by atoms with Crippen LogP contribution in [-0.2, 0) is 19.6 Å².